The van der Waals surface area contributed by atoms with Crippen LogP contribution in [0.5, 0.6) is 11.5 Å². The van der Waals surface area contributed by atoms with Gasteiger partial charge < -0.3 is 9.47 Å². The molecule has 0 spiro atoms. The fourth-order valence-electron chi connectivity index (χ4n) is 2.13. The summed E-state index contributed by atoms with van der Waals surface area (Å²) in [5.74, 6) is 1.64. The summed E-state index contributed by atoms with van der Waals surface area (Å²) in [5, 5.41) is 0. The zero-order valence-electron chi connectivity index (χ0n) is 10.9. The van der Waals surface area contributed by atoms with E-state index in [0.29, 0.717) is 6.79 Å². The summed E-state index contributed by atoms with van der Waals surface area (Å²) in [6.07, 6.45) is 6.28. The number of benzene rings is 1. The van der Waals surface area contributed by atoms with Crippen LogP contribution in [0.15, 0.2) is 42.6 Å². The first kappa shape index (κ1) is 11.8. The van der Waals surface area contributed by atoms with E-state index in [0.717, 1.165) is 23.6 Å². The van der Waals surface area contributed by atoms with Gasteiger partial charge in [-0.3, -0.25) is 0 Å². The molecule has 19 heavy (non-hydrogen) atoms. The van der Waals surface area contributed by atoms with Crippen LogP contribution in [0.3, 0.4) is 0 Å². The highest BCUT2D eigenvalue weighted by atomic mass is 16.7. The van der Waals surface area contributed by atoms with Crippen molar-refractivity contribution in [1.82, 2.24) is 0 Å². The monoisotopic (exact) mass is 254 g/mol. The minimum atomic E-state index is 0.316. The van der Waals surface area contributed by atoms with Crippen LogP contribution in [-0.4, -0.2) is 6.79 Å². The third kappa shape index (κ3) is 2.45. The lowest BCUT2D eigenvalue weighted by Crippen LogP contribution is -2.34. The molecule has 1 aliphatic heterocycles. The zero-order chi connectivity index (χ0) is 13.1. The number of pyridine rings is 1. The predicted molar refractivity (Wildman–Crippen MR) is 73.8 cm³/mol. The van der Waals surface area contributed by atoms with Crippen molar-refractivity contribution in [3.8, 4) is 11.5 Å². The van der Waals surface area contributed by atoms with E-state index in [1.54, 1.807) is 0 Å². The van der Waals surface area contributed by atoms with Gasteiger partial charge in [0.1, 0.15) is 6.54 Å². The van der Waals surface area contributed by atoms with Crippen LogP contribution in [0.4, 0.5) is 0 Å². The first-order valence-electron chi connectivity index (χ1n) is 6.43. The fraction of sp³-hybridized carbons (Fsp3) is 0.188. The topological polar surface area (TPSA) is 22.3 Å². The zero-order valence-corrected chi connectivity index (χ0v) is 10.9. The molecule has 0 saturated carbocycles. The molecule has 1 aromatic heterocycles. The molecule has 3 nitrogen and oxygen atoms in total. The van der Waals surface area contributed by atoms with Gasteiger partial charge in [0.2, 0.25) is 12.5 Å². The number of hydrogen-bond donors (Lipinski definition) is 0. The number of rotatable bonds is 3. The Morgan fingerprint density at radius 1 is 1.11 bits per heavy atom. The van der Waals surface area contributed by atoms with Gasteiger partial charge in [0.05, 0.1) is 0 Å². The van der Waals surface area contributed by atoms with Crippen molar-refractivity contribution in [1.29, 1.82) is 0 Å². The Balaban J connectivity index is 1.86. The standard InChI is InChI=1S/C16H16NO2/c1-2-17-10-4-3-5-14(17)8-6-13-7-9-15-16(11-13)19-12-18-15/h3-11H,2,12H2,1H3/q+1/b8-6-. The van der Waals surface area contributed by atoms with Crippen molar-refractivity contribution in [3.05, 3.63) is 53.9 Å². The molecule has 0 amide bonds. The van der Waals surface area contributed by atoms with E-state index < -0.39 is 0 Å². The predicted octanol–water partition coefficient (Wildman–Crippen LogP) is 2.89. The summed E-state index contributed by atoms with van der Waals surface area (Å²) in [4.78, 5) is 0. The Labute approximate surface area is 112 Å². The minimum Gasteiger partial charge on any atom is -0.454 e. The van der Waals surface area contributed by atoms with Crippen molar-refractivity contribution in [3.63, 3.8) is 0 Å². The molecule has 0 fully saturated rings. The second kappa shape index (κ2) is 5.14. The number of aryl methyl sites for hydroxylation is 1. The Morgan fingerprint density at radius 3 is 2.89 bits per heavy atom. The molecule has 2 heterocycles. The number of aromatic nitrogens is 1. The maximum Gasteiger partial charge on any atom is 0.231 e. The number of hydrogen-bond acceptors (Lipinski definition) is 2. The molecular weight excluding hydrogens is 238 g/mol. The van der Waals surface area contributed by atoms with Gasteiger partial charge in [-0.25, -0.2) is 0 Å². The molecule has 0 aliphatic carbocycles. The molecule has 0 saturated heterocycles. The SMILES string of the molecule is CC[n+]1ccccc1/C=C\c1ccc2c(c1)OCO2. The second-order valence-corrected chi connectivity index (χ2v) is 4.36. The molecular formula is C16H16NO2+. The summed E-state index contributed by atoms with van der Waals surface area (Å²) in [7, 11) is 0. The van der Waals surface area contributed by atoms with Crippen LogP contribution < -0.4 is 14.0 Å². The van der Waals surface area contributed by atoms with E-state index in [1.807, 2.05) is 30.3 Å². The van der Waals surface area contributed by atoms with E-state index >= 15 is 0 Å². The summed E-state index contributed by atoms with van der Waals surface area (Å²) in [6, 6.07) is 12.2. The molecule has 0 unspecified atom stereocenters. The van der Waals surface area contributed by atoms with Gasteiger partial charge in [-0.15, -0.1) is 0 Å². The van der Waals surface area contributed by atoms with Crippen molar-refractivity contribution in [2.24, 2.45) is 0 Å². The molecule has 0 radical (unpaired) electrons. The summed E-state index contributed by atoms with van der Waals surface area (Å²) < 4.78 is 12.9. The largest absolute Gasteiger partial charge is 0.454 e. The smallest absolute Gasteiger partial charge is 0.231 e. The van der Waals surface area contributed by atoms with E-state index in [2.05, 4.69) is 35.9 Å². The fourth-order valence-corrected chi connectivity index (χ4v) is 2.13. The molecule has 0 N–H and O–H groups in total. The maximum atomic E-state index is 5.37. The average molecular weight is 254 g/mol. The molecule has 96 valence electrons. The number of fused-ring (bicyclic) bond motifs is 1. The Kier molecular flexibility index (Phi) is 3.19. The van der Waals surface area contributed by atoms with E-state index in [1.165, 1.54) is 5.69 Å². The number of nitrogens with zero attached hydrogens (tertiary/aromatic N) is 1. The molecule has 0 bridgehead atoms. The number of ether oxygens (including phenoxy) is 2. The van der Waals surface area contributed by atoms with Gasteiger partial charge in [0, 0.05) is 18.2 Å². The molecule has 1 aromatic carbocycles. The molecule has 3 rings (SSSR count). The van der Waals surface area contributed by atoms with Gasteiger partial charge in [0.15, 0.2) is 17.7 Å². The molecule has 0 atom stereocenters. The van der Waals surface area contributed by atoms with Crippen LogP contribution >= 0.6 is 0 Å². The van der Waals surface area contributed by atoms with E-state index in [-0.39, 0.29) is 0 Å². The van der Waals surface area contributed by atoms with Crippen LogP contribution in [-0.2, 0) is 6.54 Å². The average Bonchev–Trinajstić information content (AvgIpc) is 2.93. The lowest BCUT2D eigenvalue weighted by molar-refractivity contribution is -0.695. The van der Waals surface area contributed by atoms with E-state index in [4.69, 9.17) is 9.47 Å². The van der Waals surface area contributed by atoms with Crippen molar-refractivity contribution >= 4 is 12.2 Å². The van der Waals surface area contributed by atoms with Crippen LogP contribution in [0, 0.1) is 0 Å². The van der Waals surface area contributed by atoms with Gasteiger partial charge in [0.25, 0.3) is 0 Å². The lowest BCUT2D eigenvalue weighted by Gasteiger charge is -1.98. The quantitative estimate of drug-likeness (QED) is 0.786. The summed E-state index contributed by atoms with van der Waals surface area (Å²) in [5.41, 5.74) is 2.29. The molecule has 1 aliphatic rings. The third-order valence-corrected chi connectivity index (χ3v) is 3.16. The normalized spacial score (nSPS) is 13.1. The van der Waals surface area contributed by atoms with Crippen molar-refractivity contribution in [2.75, 3.05) is 6.79 Å². The highest BCUT2D eigenvalue weighted by Crippen LogP contribution is 2.32. The molecule has 3 heteroatoms. The highest BCUT2D eigenvalue weighted by molar-refractivity contribution is 5.68. The van der Waals surface area contributed by atoms with Crippen LogP contribution in [0.25, 0.3) is 12.2 Å². The Morgan fingerprint density at radius 2 is 2.00 bits per heavy atom. The highest BCUT2D eigenvalue weighted by Gasteiger charge is 2.12. The Hall–Kier alpha value is -2.29. The van der Waals surface area contributed by atoms with Crippen LogP contribution in [0.1, 0.15) is 18.2 Å². The molecule has 2 aromatic rings. The third-order valence-electron chi connectivity index (χ3n) is 3.16. The van der Waals surface area contributed by atoms with Crippen LogP contribution in [0.2, 0.25) is 0 Å². The van der Waals surface area contributed by atoms with Crippen molar-refractivity contribution in [2.45, 2.75) is 13.5 Å². The minimum absolute atomic E-state index is 0.316. The van der Waals surface area contributed by atoms with Gasteiger partial charge >= 0.3 is 0 Å². The summed E-state index contributed by atoms with van der Waals surface area (Å²) >= 11 is 0. The maximum absolute atomic E-state index is 5.37. The summed E-state index contributed by atoms with van der Waals surface area (Å²) in [6.45, 7) is 3.41. The Bertz CT molecular complexity index is 620. The van der Waals surface area contributed by atoms with Gasteiger partial charge in [-0.2, -0.15) is 4.57 Å². The van der Waals surface area contributed by atoms with Gasteiger partial charge in [-0.1, -0.05) is 6.07 Å². The first-order chi connectivity index (χ1) is 9.36. The second-order valence-electron chi connectivity index (χ2n) is 4.36. The van der Waals surface area contributed by atoms with Gasteiger partial charge in [-0.05, 0) is 36.8 Å². The lowest BCUT2D eigenvalue weighted by atomic mass is 10.1. The first-order valence-corrected chi connectivity index (χ1v) is 6.43. The van der Waals surface area contributed by atoms with E-state index in [9.17, 15) is 0 Å². The van der Waals surface area contributed by atoms with Crippen molar-refractivity contribution < 1.29 is 14.0 Å².